The average Bonchev–Trinajstić information content (AvgIpc) is 3.18. The van der Waals surface area contributed by atoms with Crippen molar-refractivity contribution in [3.8, 4) is 0 Å². The predicted octanol–water partition coefficient (Wildman–Crippen LogP) is 4.30. The van der Waals surface area contributed by atoms with Gasteiger partial charge in [-0.3, -0.25) is 4.79 Å². The lowest BCUT2D eigenvalue weighted by Crippen LogP contribution is -2.32. The maximum atomic E-state index is 13.2. The van der Waals surface area contributed by atoms with Crippen molar-refractivity contribution in [3.05, 3.63) is 65.9 Å². The fraction of sp³-hybridized carbons (Fsp3) is 0.318. The second kappa shape index (κ2) is 8.69. The third-order valence-corrected chi connectivity index (χ3v) is 4.53. The molecular weight excluding hydrogens is 356 g/mol. The van der Waals surface area contributed by atoms with Crippen molar-refractivity contribution < 1.29 is 18.7 Å². The highest BCUT2D eigenvalue weighted by molar-refractivity contribution is 5.98. The molecule has 6 nitrogen and oxygen atoms in total. The second-order valence-electron chi connectivity index (χ2n) is 7.09. The van der Waals surface area contributed by atoms with Crippen molar-refractivity contribution in [3.63, 3.8) is 0 Å². The largest absolute Gasteiger partial charge is 0.464 e. The van der Waals surface area contributed by atoms with E-state index < -0.39 is 5.97 Å². The molecule has 0 saturated heterocycles. The second-order valence-corrected chi connectivity index (χ2v) is 7.09. The van der Waals surface area contributed by atoms with Gasteiger partial charge in [0.2, 0.25) is 5.89 Å². The summed E-state index contributed by atoms with van der Waals surface area (Å²) in [4.78, 5) is 30.6. The summed E-state index contributed by atoms with van der Waals surface area (Å²) < 4.78 is 10.0. The molecule has 1 heterocycles. The number of benzene rings is 2. The minimum absolute atomic E-state index is 0.0933. The zero-order chi connectivity index (χ0) is 20.1. The molecule has 0 unspecified atom stereocenters. The first-order valence-electron chi connectivity index (χ1n) is 9.28. The van der Waals surface area contributed by atoms with Crippen molar-refractivity contribution in [2.45, 2.75) is 26.8 Å². The minimum Gasteiger partial charge on any atom is -0.464 e. The summed E-state index contributed by atoms with van der Waals surface area (Å²) in [6.07, 6.45) is 2.10. The third-order valence-electron chi connectivity index (χ3n) is 4.53. The van der Waals surface area contributed by atoms with Crippen LogP contribution in [0.4, 0.5) is 0 Å². The van der Waals surface area contributed by atoms with E-state index in [2.05, 4.69) is 23.6 Å². The number of ether oxygens (including phenoxy) is 1. The van der Waals surface area contributed by atoms with E-state index in [0.29, 0.717) is 23.9 Å². The summed E-state index contributed by atoms with van der Waals surface area (Å²) in [5.74, 6) is 0.0918. The summed E-state index contributed by atoms with van der Waals surface area (Å²) in [6, 6.07) is 13.6. The van der Waals surface area contributed by atoms with Gasteiger partial charge in [-0.15, -0.1) is 0 Å². The smallest absolute Gasteiger partial charge is 0.360 e. The van der Waals surface area contributed by atoms with Crippen molar-refractivity contribution in [1.29, 1.82) is 0 Å². The topological polar surface area (TPSA) is 72.6 Å². The molecule has 146 valence electrons. The number of carbonyl (C=O) groups excluding carboxylic acids is 2. The molecule has 3 rings (SSSR count). The van der Waals surface area contributed by atoms with Gasteiger partial charge in [0, 0.05) is 12.1 Å². The van der Waals surface area contributed by atoms with Crippen LogP contribution in [0.15, 0.2) is 53.1 Å². The predicted molar refractivity (Wildman–Crippen MR) is 106 cm³/mol. The molecule has 0 radical (unpaired) electrons. The van der Waals surface area contributed by atoms with Crippen LogP contribution in [-0.2, 0) is 11.3 Å². The summed E-state index contributed by atoms with van der Waals surface area (Å²) in [7, 11) is 1.29. The Labute approximate surface area is 164 Å². The minimum atomic E-state index is -0.565. The molecule has 0 fully saturated rings. The fourth-order valence-electron chi connectivity index (χ4n) is 2.92. The van der Waals surface area contributed by atoms with Crippen molar-refractivity contribution in [2.24, 2.45) is 5.92 Å². The Balaban J connectivity index is 1.84. The van der Waals surface area contributed by atoms with E-state index >= 15 is 0 Å². The molecule has 0 aliphatic rings. The number of nitrogens with zero attached hydrogens (tertiary/aromatic N) is 2. The molecular formula is C22H24N2O4. The lowest BCUT2D eigenvalue weighted by Gasteiger charge is -2.22. The first-order chi connectivity index (χ1) is 13.5. The highest BCUT2D eigenvalue weighted by Gasteiger charge is 2.20. The molecule has 0 bridgehead atoms. The number of fused-ring (bicyclic) bond motifs is 1. The number of esters is 1. The molecule has 3 aromatic rings. The molecule has 0 aliphatic heterocycles. The molecule has 2 aromatic carbocycles. The Morgan fingerprint density at radius 1 is 1.14 bits per heavy atom. The number of amides is 1. The molecule has 1 aromatic heterocycles. The number of oxazole rings is 1. The lowest BCUT2D eigenvalue weighted by atomic mass is 10.1. The number of aromatic nitrogens is 1. The Morgan fingerprint density at radius 2 is 1.89 bits per heavy atom. The SMILES string of the molecule is COC(=O)c1coc(CN(CCC(C)C)C(=O)c2ccc3ccccc3c2)n1. The maximum absolute atomic E-state index is 13.2. The van der Waals surface area contributed by atoms with E-state index in [0.717, 1.165) is 17.2 Å². The fourth-order valence-corrected chi connectivity index (χ4v) is 2.92. The van der Waals surface area contributed by atoms with Crippen molar-refractivity contribution in [2.75, 3.05) is 13.7 Å². The first-order valence-corrected chi connectivity index (χ1v) is 9.28. The molecule has 28 heavy (non-hydrogen) atoms. The Hall–Kier alpha value is -3.15. The molecule has 6 heteroatoms. The zero-order valence-electron chi connectivity index (χ0n) is 16.3. The maximum Gasteiger partial charge on any atom is 0.360 e. The monoisotopic (exact) mass is 380 g/mol. The van der Waals surface area contributed by atoms with Crippen LogP contribution >= 0.6 is 0 Å². The summed E-state index contributed by atoms with van der Waals surface area (Å²) >= 11 is 0. The highest BCUT2D eigenvalue weighted by Crippen LogP contribution is 2.19. The van der Waals surface area contributed by atoms with Crippen LogP contribution < -0.4 is 0 Å². The van der Waals surface area contributed by atoms with Crippen LogP contribution in [0.2, 0.25) is 0 Å². The van der Waals surface area contributed by atoms with E-state index in [-0.39, 0.29) is 18.1 Å². The van der Waals surface area contributed by atoms with Crippen molar-refractivity contribution in [1.82, 2.24) is 9.88 Å². The standard InChI is InChI=1S/C22H24N2O4/c1-15(2)10-11-24(13-20-23-19(14-28-20)22(26)27-3)21(25)18-9-8-16-6-4-5-7-17(16)12-18/h4-9,12,14-15H,10-11,13H2,1-3H3. The first kappa shape index (κ1) is 19.6. The molecule has 0 aliphatic carbocycles. The van der Waals surface area contributed by atoms with Crippen LogP contribution in [0.5, 0.6) is 0 Å². The molecule has 0 spiro atoms. The van der Waals surface area contributed by atoms with Gasteiger partial charge in [0.05, 0.1) is 13.7 Å². The molecule has 0 atom stereocenters. The Morgan fingerprint density at radius 3 is 2.61 bits per heavy atom. The van der Waals surface area contributed by atoms with Crippen LogP contribution in [0.1, 0.15) is 47.0 Å². The third kappa shape index (κ3) is 4.57. The molecule has 0 saturated carbocycles. The van der Waals surface area contributed by atoms with Gasteiger partial charge in [-0.25, -0.2) is 9.78 Å². The number of methoxy groups -OCH3 is 1. The van der Waals surface area contributed by atoms with Crippen LogP contribution in [0.25, 0.3) is 10.8 Å². The summed E-state index contributed by atoms with van der Waals surface area (Å²) in [5, 5.41) is 2.10. The van der Waals surface area contributed by atoms with Crippen LogP contribution in [0.3, 0.4) is 0 Å². The number of hydrogen-bond donors (Lipinski definition) is 0. The van der Waals surface area contributed by atoms with E-state index in [1.54, 1.807) is 4.90 Å². The normalized spacial score (nSPS) is 11.0. The summed E-state index contributed by atoms with van der Waals surface area (Å²) in [5.41, 5.74) is 0.710. The van der Waals surface area contributed by atoms with E-state index in [9.17, 15) is 9.59 Å². The van der Waals surface area contributed by atoms with Gasteiger partial charge in [0.25, 0.3) is 5.91 Å². The van der Waals surface area contributed by atoms with Gasteiger partial charge in [-0.1, -0.05) is 44.2 Å². The van der Waals surface area contributed by atoms with E-state index in [1.165, 1.54) is 13.4 Å². The van der Waals surface area contributed by atoms with Gasteiger partial charge in [-0.2, -0.15) is 0 Å². The average molecular weight is 380 g/mol. The molecule has 0 N–H and O–H groups in total. The van der Waals surface area contributed by atoms with Gasteiger partial charge in [-0.05, 0) is 35.2 Å². The van der Waals surface area contributed by atoms with Crippen molar-refractivity contribution >= 4 is 22.6 Å². The lowest BCUT2D eigenvalue weighted by molar-refractivity contribution is 0.0594. The van der Waals surface area contributed by atoms with E-state index in [1.807, 2.05) is 42.5 Å². The zero-order valence-corrected chi connectivity index (χ0v) is 16.3. The van der Waals surface area contributed by atoms with Gasteiger partial charge < -0.3 is 14.1 Å². The summed E-state index contributed by atoms with van der Waals surface area (Å²) in [6.45, 7) is 4.98. The van der Waals surface area contributed by atoms with Gasteiger partial charge in [0.1, 0.15) is 6.26 Å². The van der Waals surface area contributed by atoms with Gasteiger partial charge in [0.15, 0.2) is 5.69 Å². The van der Waals surface area contributed by atoms with Crippen LogP contribution in [0, 0.1) is 5.92 Å². The molecule has 1 amide bonds. The number of hydrogen-bond acceptors (Lipinski definition) is 5. The van der Waals surface area contributed by atoms with Crippen LogP contribution in [-0.4, -0.2) is 35.4 Å². The van der Waals surface area contributed by atoms with E-state index in [4.69, 9.17) is 4.42 Å². The highest BCUT2D eigenvalue weighted by atomic mass is 16.5. The van der Waals surface area contributed by atoms with Gasteiger partial charge >= 0.3 is 5.97 Å². The Kier molecular flexibility index (Phi) is 6.09. The Bertz CT molecular complexity index is 977. The quantitative estimate of drug-likeness (QED) is 0.571. The number of rotatable bonds is 7. The number of carbonyl (C=O) groups is 2.